The van der Waals surface area contributed by atoms with E-state index in [1.807, 2.05) is 36.3 Å². The summed E-state index contributed by atoms with van der Waals surface area (Å²) in [6.07, 6.45) is 0. The first-order valence-corrected chi connectivity index (χ1v) is 13.9. The Hall–Kier alpha value is -2.59. The molecule has 0 spiro atoms. The maximum absolute atomic E-state index is 13.3. The number of rotatable bonds is 7. The number of carbonyl (C=O) groups is 3. The van der Waals surface area contributed by atoms with Crippen LogP contribution in [0.25, 0.3) is 0 Å². The first-order valence-electron chi connectivity index (χ1n) is 12.2. The van der Waals surface area contributed by atoms with Crippen LogP contribution in [-0.2, 0) is 9.53 Å². The monoisotopic (exact) mass is 564 g/mol. The van der Waals surface area contributed by atoms with Gasteiger partial charge in [-0.25, -0.2) is 9.59 Å². The van der Waals surface area contributed by atoms with Gasteiger partial charge in [-0.3, -0.25) is 14.6 Å². The number of urea groups is 1. The van der Waals surface area contributed by atoms with Crippen molar-refractivity contribution in [2.24, 2.45) is 0 Å². The molecule has 2 atom stereocenters. The van der Waals surface area contributed by atoms with Crippen LogP contribution in [-0.4, -0.2) is 78.0 Å². The molecule has 2 aromatic rings. The van der Waals surface area contributed by atoms with Crippen LogP contribution in [0.1, 0.15) is 42.0 Å². The molecule has 3 amide bonds. The Labute approximate surface area is 230 Å². The molecule has 3 heterocycles. The number of hydrogen-bond donors (Lipinski definition) is 1. The fraction of sp³-hybridized carbons (Fsp3) is 0.423. The lowest BCUT2D eigenvalue weighted by Gasteiger charge is -2.42. The second-order valence-corrected chi connectivity index (χ2v) is 10.7. The summed E-state index contributed by atoms with van der Waals surface area (Å²) in [5, 5.41) is 5.55. The number of likely N-dealkylation sites (N-methyl/N-ethyl adjacent to an activating group) is 1. The Bertz CT molecular complexity index is 1200. The molecule has 1 N–H and O–H groups in total. The number of nitrogens with zero attached hydrogens (tertiary/aromatic N) is 3. The maximum atomic E-state index is 13.3. The third kappa shape index (κ3) is 5.80. The molecular weight excluding hydrogens is 535 g/mol. The smallest absolute Gasteiger partial charge is 0.338 e. The van der Waals surface area contributed by atoms with Gasteiger partial charge in [0.25, 0.3) is 5.91 Å². The molecule has 11 heteroatoms. The van der Waals surface area contributed by atoms with Crippen molar-refractivity contribution >= 4 is 52.4 Å². The molecule has 2 aliphatic rings. The lowest BCUT2D eigenvalue weighted by Crippen LogP contribution is -2.56. The van der Waals surface area contributed by atoms with Crippen LogP contribution in [0.15, 0.2) is 47.0 Å². The SMILES string of the molecule is CCOC(=O)C1=C(CN2CCN(C(=O)c3cccs3)[C@H](C)C2)N(CC)C(=O)N[C@@H]1c1ccc(Cl)c(Cl)c1. The van der Waals surface area contributed by atoms with Gasteiger partial charge >= 0.3 is 12.0 Å². The van der Waals surface area contributed by atoms with Gasteiger partial charge in [-0.1, -0.05) is 35.3 Å². The summed E-state index contributed by atoms with van der Waals surface area (Å²) in [4.78, 5) is 45.8. The summed E-state index contributed by atoms with van der Waals surface area (Å²) in [6, 6.07) is 7.68. The Morgan fingerprint density at radius 1 is 1.16 bits per heavy atom. The van der Waals surface area contributed by atoms with E-state index in [1.54, 1.807) is 30.0 Å². The summed E-state index contributed by atoms with van der Waals surface area (Å²) in [6.45, 7) is 8.33. The molecule has 0 radical (unpaired) electrons. The second kappa shape index (κ2) is 11.9. The van der Waals surface area contributed by atoms with Crippen LogP contribution in [0.5, 0.6) is 0 Å². The fourth-order valence-corrected chi connectivity index (χ4v) is 5.82. The standard InChI is InChI=1S/C26H30Cl2N4O4S/c1-4-31-20(15-30-10-11-32(16(3)14-30)24(33)21-7-6-12-37-21)22(25(34)36-5-2)23(29-26(31)35)17-8-9-18(27)19(28)13-17/h6-9,12-13,16,23H,4-5,10-11,14-15H2,1-3H3,(H,29,35)/t16-,23-/m1/s1. The fourth-order valence-electron chi connectivity index (χ4n) is 4.83. The number of halogens is 2. The maximum Gasteiger partial charge on any atom is 0.338 e. The zero-order chi connectivity index (χ0) is 26.7. The van der Waals surface area contributed by atoms with Crippen LogP contribution in [0.3, 0.4) is 0 Å². The molecule has 0 aliphatic carbocycles. The predicted molar refractivity (Wildman–Crippen MR) is 145 cm³/mol. The van der Waals surface area contributed by atoms with E-state index in [2.05, 4.69) is 10.2 Å². The number of benzene rings is 1. The van der Waals surface area contributed by atoms with Gasteiger partial charge in [-0.15, -0.1) is 11.3 Å². The van der Waals surface area contributed by atoms with Crippen molar-refractivity contribution in [1.29, 1.82) is 0 Å². The highest BCUT2D eigenvalue weighted by atomic mass is 35.5. The van der Waals surface area contributed by atoms with Crippen molar-refractivity contribution < 1.29 is 19.1 Å². The van der Waals surface area contributed by atoms with Crippen molar-refractivity contribution in [3.05, 3.63) is 67.5 Å². The van der Waals surface area contributed by atoms with E-state index in [0.717, 1.165) is 4.88 Å². The topological polar surface area (TPSA) is 82.2 Å². The van der Waals surface area contributed by atoms with E-state index in [4.69, 9.17) is 27.9 Å². The van der Waals surface area contributed by atoms with Gasteiger partial charge < -0.3 is 15.0 Å². The number of nitrogens with one attached hydrogen (secondary N) is 1. The van der Waals surface area contributed by atoms with Gasteiger partial charge in [0.2, 0.25) is 0 Å². The minimum absolute atomic E-state index is 0.0282. The molecule has 37 heavy (non-hydrogen) atoms. The van der Waals surface area contributed by atoms with Gasteiger partial charge in [-0.2, -0.15) is 0 Å². The summed E-state index contributed by atoms with van der Waals surface area (Å²) in [5.41, 5.74) is 1.59. The second-order valence-electron chi connectivity index (χ2n) is 8.94. The lowest BCUT2D eigenvalue weighted by molar-refractivity contribution is -0.139. The van der Waals surface area contributed by atoms with Gasteiger partial charge in [0.1, 0.15) is 0 Å². The number of thiophene rings is 1. The van der Waals surface area contributed by atoms with E-state index in [9.17, 15) is 14.4 Å². The average molecular weight is 566 g/mol. The minimum Gasteiger partial charge on any atom is -0.463 e. The Morgan fingerprint density at radius 3 is 2.57 bits per heavy atom. The molecule has 1 saturated heterocycles. The van der Waals surface area contributed by atoms with Crippen LogP contribution in [0.4, 0.5) is 4.79 Å². The lowest BCUT2D eigenvalue weighted by atomic mass is 9.94. The average Bonchev–Trinajstić information content (AvgIpc) is 3.40. The van der Waals surface area contributed by atoms with E-state index >= 15 is 0 Å². The van der Waals surface area contributed by atoms with Crippen molar-refractivity contribution in [2.45, 2.75) is 32.9 Å². The Morgan fingerprint density at radius 2 is 1.95 bits per heavy atom. The molecule has 0 saturated carbocycles. The molecule has 198 valence electrons. The summed E-state index contributed by atoms with van der Waals surface area (Å²) < 4.78 is 5.44. The van der Waals surface area contributed by atoms with Gasteiger partial charge in [-0.05, 0) is 49.9 Å². The van der Waals surface area contributed by atoms with E-state index in [0.29, 0.717) is 59.6 Å². The van der Waals surface area contributed by atoms with Gasteiger partial charge in [0, 0.05) is 44.5 Å². The molecule has 4 rings (SSSR count). The first kappa shape index (κ1) is 27.4. The number of carbonyl (C=O) groups excluding carboxylic acids is 3. The summed E-state index contributed by atoms with van der Waals surface area (Å²) in [7, 11) is 0. The number of amides is 3. The predicted octanol–water partition coefficient (Wildman–Crippen LogP) is 4.80. The Balaban J connectivity index is 1.66. The van der Waals surface area contributed by atoms with Crippen LogP contribution < -0.4 is 5.32 Å². The largest absolute Gasteiger partial charge is 0.463 e. The minimum atomic E-state index is -0.738. The number of ether oxygens (including phenoxy) is 1. The van der Waals surface area contributed by atoms with Crippen LogP contribution in [0.2, 0.25) is 10.0 Å². The van der Waals surface area contributed by atoms with Crippen molar-refractivity contribution in [3.63, 3.8) is 0 Å². The van der Waals surface area contributed by atoms with Crippen molar-refractivity contribution in [2.75, 3.05) is 39.3 Å². The zero-order valence-electron chi connectivity index (χ0n) is 21.0. The van der Waals surface area contributed by atoms with E-state index in [-0.39, 0.29) is 24.6 Å². The molecule has 8 nitrogen and oxygen atoms in total. The van der Waals surface area contributed by atoms with Gasteiger partial charge in [0.05, 0.1) is 33.1 Å². The molecule has 0 bridgehead atoms. The summed E-state index contributed by atoms with van der Waals surface area (Å²) >= 11 is 13.8. The number of piperazine rings is 1. The molecule has 1 fully saturated rings. The number of hydrogen-bond acceptors (Lipinski definition) is 6. The van der Waals surface area contributed by atoms with Crippen LogP contribution >= 0.6 is 34.5 Å². The van der Waals surface area contributed by atoms with E-state index < -0.39 is 12.0 Å². The molecular formula is C26H30Cl2N4O4S. The third-order valence-corrected chi connectivity index (χ3v) is 8.20. The Kier molecular flexibility index (Phi) is 8.79. The molecule has 2 aliphatic heterocycles. The van der Waals surface area contributed by atoms with Gasteiger partial charge in [0.15, 0.2) is 0 Å². The van der Waals surface area contributed by atoms with Crippen molar-refractivity contribution in [3.8, 4) is 0 Å². The quantitative estimate of drug-likeness (QED) is 0.488. The van der Waals surface area contributed by atoms with Crippen LogP contribution in [0, 0.1) is 0 Å². The normalized spacial score (nSPS) is 20.7. The zero-order valence-corrected chi connectivity index (χ0v) is 23.3. The highest BCUT2D eigenvalue weighted by Crippen LogP contribution is 2.35. The molecule has 1 aromatic carbocycles. The number of esters is 1. The van der Waals surface area contributed by atoms with E-state index in [1.165, 1.54) is 11.3 Å². The molecule has 0 unspecified atom stereocenters. The van der Waals surface area contributed by atoms with Crippen molar-refractivity contribution in [1.82, 2.24) is 20.0 Å². The third-order valence-electron chi connectivity index (χ3n) is 6.60. The molecule has 1 aromatic heterocycles. The summed E-state index contributed by atoms with van der Waals surface area (Å²) in [5.74, 6) is -0.466. The highest BCUT2D eigenvalue weighted by Gasteiger charge is 2.39. The first-order chi connectivity index (χ1) is 17.7. The highest BCUT2D eigenvalue weighted by molar-refractivity contribution is 7.12.